The number of nitrogens with zero attached hydrogens (tertiary/aromatic N) is 4. The van der Waals surface area contributed by atoms with Crippen molar-refractivity contribution < 1.29 is 4.74 Å². The molecule has 0 N–H and O–H groups in total. The average molecular weight is 587 g/mol. The maximum atomic E-state index is 6.92. The summed E-state index contributed by atoms with van der Waals surface area (Å²) in [6.07, 6.45) is 8.20. The van der Waals surface area contributed by atoms with Crippen molar-refractivity contribution >= 4 is 16.1 Å². The largest absolute Gasteiger partial charge is 0.378 e. The van der Waals surface area contributed by atoms with E-state index in [1.165, 1.54) is 0 Å². The van der Waals surface area contributed by atoms with E-state index in [1.54, 1.807) is 0 Å². The summed E-state index contributed by atoms with van der Waals surface area (Å²) in [5.74, 6) is 2.04. The fraction of sp³-hybridized carbons (Fsp3) is 0.471. The topological polar surface area (TPSA) is 44.9 Å². The molecule has 41 heavy (non-hydrogen) atoms. The van der Waals surface area contributed by atoms with Crippen LogP contribution in [0.25, 0.3) is 22.8 Å². The van der Waals surface area contributed by atoms with Gasteiger partial charge in [0.15, 0.2) is 0 Å². The summed E-state index contributed by atoms with van der Waals surface area (Å²) in [7, 11) is -3.79. The Kier molecular flexibility index (Phi) is 9.02. The average Bonchev–Trinajstić information content (AvgIpc) is 3.58. The minimum absolute atomic E-state index is 0.183. The quantitative estimate of drug-likeness (QED) is 0.174. The summed E-state index contributed by atoms with van der Waals surface area (Å²) in [5, 5.41) is 0.367. The predicted octanol–water partition coefficient (Wildman–Crippen LogP) is 9.31. The molecule has 0 aliphatic heterocycles. The summed E-state index contributed by atoms with van der Waals surface area (Å²) in [6, 6.07) is 21.1. The van der Waals surface area contributed by atoms with Crippen LogP contribution in [0.15, 0.2) is 85.5 Å². The molecule has 2 atom stereocenters. The molecule has 2 aromatic carbocycles. The molecule has 0 saturated carbocycles. The van der Waals surface area contributed by atoms with Crippen molar-refractivity contribution in [3.63, 3.8) is 0 Å². The molecule has 4 aromatic rings. The van der Waals surface area contributed by atoms with E-state index in [4.69, 9.17) is 14.7 Å². The molecule has 0 aliphatic carbocycles. The standard InChI is InChI=1S/C34H50N4OSi2/c1-33(2,3)40(7,8)29(37-23-21-35-31(37)27-17-13-11-14-18-27)25-39-26-30(41(9,10)34(4,5)6)38-24-22-36-32(38)28-19-15-12-16-20-28/h11-24,29-30H,25-26H2,1-10H3. The van der Waals surface area contributed by atoms with Crippen molar-refractivity contribution in [2.45, 2.75) is 89.1 Å². The lowest BCUT2D eigenvalue weighted by atomic mass is 10.2. The Morgan fingerprint density at radius 3 is 1.27 bits per heavy atom. The maximum absolute atomic E-state index is 6.92. The van der Waals surface area contributed by atoms with Crippen LogP contribution in [0.5, 0.6) is 0 Å². The second kappa shape index (κ2) is 11.9. The zero-order valence-electron chi connectivity index (χ0n) is 26.8. The third-order valence-corrected chi connectivity index (χ3v) is 22.1. The van der Waals surface area contributed by atoms with E-state index in [1.807, 2.05) is 12.4 Å². The molecular weight excluding hydrogens is 537 g/mol. The molecule has 0 saturated heterocycles. The van der Waals surface area contributed by atoms with Gasteiger partial charge in [-0.15, -0.1) is 0 Å². The normalized spacial score (nSPS) is 14.7. The summed E-state index contributed by atoms with van der Waals surface area (Å²) in [5.41, 5.74) is 2.76. The van der Waals surface area contributed by atoms with Crippen molar-refractivity contribution in [2.24, 2.45) is 0 Å². The summed E-state index contributed by atoms with van der Waals surface area (Å²) < 4.78 is 11.7. The fourth-order valence-corrected chi connectivity index (χ4v) is 10.2. The van der Waals surface area contributed by atoms with Crippen molar-refractivity contribution in [3.05, 3.63) is 85.5 Å². The molecule has 0 spiro atoms. The van der Waals surface area contributed by atoms with Gasteiger partial charge in [0.1, 0.15) is 11.6 Å². The summed E-state index contributed by atoms with van der Waals surface area (Å²) in [6.45, 7) is 25.7. The highest BCUT2D eigenvalue weighted by molar-refractivity contribution is 6.81. The van der Waals surface area contributed by atoms with Gasteiger partial charge in [-0.3, -0.25) is 0 Å². The van der Waals surface area contributed by atoms with Crippen molar-refractivity contribution in [2.75, 3.05) is 13.2 Å². The molecule has 2 unspecified atom stereocenters. The van der Waals surface area contributed by atoms with Gasteiger partial charge in [-0.05, 0) is 10.1 Å². The molecule has 7 heteroatoms. The lowest BCUT2D eigenvalue weighted by Gasteiger charge is -2.46. The van der Waals surface area contributed by atoms with Crippen molar-refractivity contribution in [1.29, 1.82) is 0 Å². The zero-order chi connectivity index (χ0) is 30.1. The van der Waals surface area contributed by atoms with E-state index in [9.17, 15) is 0 Å². The highest BCUT2D eigenvalue weighted by Crippen LogP contribution is 2.46. The van der Waals surface area contributed by atoms with Crippen LogP contribution in [-0.4, -0.2) is 48.5 Å². The van der Waals surface area contributed by atoms with Crippen molar-refractivity contribution in [1.82, 2.24) is 19.1 Å². The second-order valence-corrected chi connectivity index (χ2v) is 25.8. The summed E-state index contributed by atoms with van der Waals surface area (Å²) in [4.78, 5) is 9.66. The minimum atomic E-state index is -1.90. The highest BCUT2D eigenvalue weighted by Gasteiger charge is 2.46. The van der Waals surface area contributed by atoms with E-state index in [0.717, 1.165) is 22.8 Å². The SMILES string of the molecule is CC(C)(C)[Si](C)(C)C(COCC(n1ccnc1-c1ccccc1)[Si](C)(C)C(C)(C)C)n1ccnc1-c1ccccc1. The third-order valence-electron chi connectivity index (χ3n) is 10.2. The monoisotopic (exact) mass is 586 g/mol. The Hall–Kier alpha value is -2.75. The van der Waals surface area contributed by atoms with Gasteiger partial charge in [0, 0.05) is 35.9 Å². The molecule has 0 amide bonds. The van der Waals surface area contributed by atoms with Gasteiger partial charge < -0.3 is 13.9 Å². The van der Waals surface area contributed by atoms with Gasteiger partial charge >= 0.3 is 0 Å². The van der Waals surface area contributed by atoms with Gasteiger partial charge in [0.05, 0.1) is 40.7 Å². The second-order valence-electron chi connectivity index (χ2n) is 14.6. The smallest absolute Gasteiger partial charge is 0.139 e. The Morgan fingerprint density at radius 2 is 0.951 bits per heavy atom. The molecule has 0 aliphatic rings. The molecular formula is C34H50N4OSi2. The number of benzene rings is 2. The zero-order valence-corrected chi connectivity index (χ0v) is 28.8. The number of hydrogen-bond donors (Lipinski definition) is 0. The Balaban J connectivity index is 1.70. The molecule has 0 fully saturated rings. The van der Waals surface area contributed by atoms with Gasteiger partial charge in [0.2, 0.25) is 0 Å². The van der Waals surface area contributed by atoms with E-state index in [0.29, 0.717) is 13.2 Å². The van der Waals surface area contributed by atoms with Crippen LogP contribution in [0, 0.1) is 0 Å². The first-order valence-electron chi connectivity index (χ1n) is 14.9. The van der Waals surface area contributed by atoms with Gasteiger partial charge in [-0.1, -0.05) is 128 Å². The van der Waals surface area contributed by atoms with E-state index >= 15 is 0 Å². The molecule has 220 valence electrons. The maximum Gasteiger partial charge on any atom is 0.139 e. The van der Waals surface area contributed by atoms with Crippen LogP contribution >= 0.6 is 0 Å². The van der Waals surface area contributed by atoms with Gasteiger partial charge in [0.25, 0.3) is 0 Å². The van der Waals surface area contributed by atoms with Gasteiger partial charge in [-0.2, -0.15) is 0 Å². The number of aromatic nitrogens is 4. The first kappa shape index (κ1) is 31.2. The van der Waals surface area contributed by atoms with E-state index in [-0.39, 0.29) is 21.4 Å². The Morgan fingerprint density at radius 1 is 0.610 bits per heavy atom. The number of ether oxygens (including phenoxy) is 1. The van der Waals surface area contributed by atoms with Crippen LogP contribution in [-0.2, 0) is 4.74 Å². The Bertz CT molecular complexity index is 1290. The first-order valence-corrected chi connectivity index (χ1v) is 21.1. The van der Waals surface area contributed by atoms with Crippen molar-refractivity contribution in [3.8, 4) is 22.8 Å². The molecule has 0 radical (unpaired) electrons. The lowest BCUT2D eigenvalue weighted by Crippen LogP contribution is -2.50. The molecule has 4 rings (SSSR count). The first-order chi connectivity index (χ1) is 19.2. The fourth-order valence-electron chi connectivity index (χ4n) is 5.31. The van der Waals surface area contributed by atoms with Crippen LogP contribution < -0.4 is 0 Å². The van der Waals surface area contributed by atoms with Crippen LogP contribution in [0.2, 0.25) is 36.3 Å². The lowest BCUT2D eigenvalue weighted by molar-refractivity contribution is 0.105. The predicted molar refractivity (Wildman–Crippen MR) is 179 cm³/mol. The molecule has 2 aromatic heterocycles. The number of imidazole rings is 2. The minimum Gasteiger partial charge on any atom is -0.378 e. The summed E-state index contributed by atoms with van der Waals surface area (Å²) >= 11 is 0. The Labute approximate surface area is 250 Å². The van der Waals surface area contributed by atoms with Gasteiger partial charge in [-0.25, -0.2) is 9.97 Å². The van der Waals surface area contributed by atoms with E-state index in [2.05, 4.69) is 150 Å². The number of hydrogen-bond acceptors (Lipinski definition) is 3. The van der Waals surface area contributed by atoms with Crippen LogP contribution in [0.4, 0.5) is 0 Å². The van der Waals surface area contributed by atoms with Crippen LogP contribution in [0.1, 0.15) is 52.9 Å². The third kappa shape index (κ3) is 6.37. The molecule has 2 heterocycles. The van der Waals surface area contributed by atoms with E-state index < -0.39 is 16.1 Å². The highest BCUT2D eigenvalue weighted by atomic mass is 28.3. The number of rotatable bonds is 10. The molecule has 5 nitrogen and oxygen atoms in total. The molecule has 0 bridgehead atoms. The van der Waals surface area contributed by atoms with Crippen LogP contribution in [0.3, 0.4) is 0 Å².